The second kappa shape index (κ2) is 3.12. The van der Waals surface area contributed by atoms with Crippen molar-refractivity contribution in [3.05, 3.63) is 0 Å². The largest absolute Gasteiger partial charge is 0.403 e. The summed E-state index contributed by atoms with van der Waals surface area (Å²) in [6, 6.07) is 0. The van der Waals surface area contributed by atoms with Gasteiger partial charge in [0.05, 0.1) is 0 Å². The predicted molar refractivity (Wildman–Crippen MR) is 48.1 cm³/mol. The van der Waals surface area contributed by atoms with E-state index in [0.717, 1.165) is 0 Å². The summed E-state index contributed by atoms with van der Waals surface area (Å²) in [6.07, 6.45) is -3.92. The van der Waals surface area contributed by atoms with Crippen LogP contribution in [0.25, 0.3) is 0 Å². The van der Waals surface area contributed by atoms with E-state index in [-0.39, 0.29) is 12.8 Å². The molecule has 1 aliphatic carbocycles. The molecule has 2 nitrogen and oxygen atoms in total. The number of carbonyl (C=O) groups is 1. The molecule has 5 heteroatoms. The lowest BCUT2D eigenvalue weighted by atomic mass is 9.66. The summed E-state index contributed by atoms with van der Waals surface area (Å²) in [7, 11) is 0. The first-order valence-corrected chi connectivity index (χ1v) is 5.23. The normalized spacial score (nSPS) is 25.7. The summed E-state index contributed by atoms with van der Waals surface area (Å²) >= 11 is 0. The predicted octanol–water partition coefficient (Wildman–Crippen LogP) is 2.20. The summed E-state index contributed by atoms with van der Waals surface area (Å²) in [4.78, 5) is 13.1. The van der Waals surface area contributed by atoms with Gasteiger partial charge >= 0.3 is 6.18 Å². The summed E-state index contributed by atoms with van der Waals surface area (Å²) in [5.41, 5.74) is -2.03. The van der Waals surface area contributed by atoms with Gasteiger partial charge in [-0.15, -0.1) is 0 Å². The average Bonchev–Trinajstić information content (AvgIpc) is 1.92. The molecule has 1 heterocycles. The van der Waals surface area contributed by atoms with E-state index in [4.69, 9.17) is 0 Å². The third-order valence-corrected chi connectivity index (χ3v) is 3.51. The number of rotatable bonds is 1. The Balaban J connectivity index is 2.10. The number of likely N-dealkylation sites (tertiary alicyclic amines) is 1. The Kier molecular flexibility index (Phi) is 2.24. The molecule has 1 saturated heterocycles. The van der Waals surface area contributed by atoms with Gasteiger partial charge in [0.15, 0.2) is 0 Å². The van der Waals surface area contributed by atoms with Crippen LogP contribution < -0.4 is 0 Å². The Morgan fingerprint density at radius 3 is 2.13 bits per heavy atom. The van der Waals surface area contributed by atoms with Crippen LogP contribution in [0.4, 0.5) is 13.2 Å². The molecule has 15 heavy (non-hydrogen) atoms. The van der Waals surface area contributed by atoms with E-state index in [0.29, 0.717) is 25.4 Å². The van der Waals surface area contributed by atoms with E-state index in [2.05, 4.69) is 0 Å². The van der Waals surface area contributed by atoms with E-state index < -0.39 is 17.5 Å². The summed E-state index contributed by atoms with van der Waals surface area (Å²) in [5, 5.41) is 0. The zero-order chi connectivity index (χ0) is 11.3. The number of hydrogen-bond acceptors (Lipinski definition) is 1. The van der Waals surface area contributed by atoms with Crippen molar-refractivity contribution in [2.24, 2.45) is 11.3 Å². The first-order valence-electron chi connectivity index (χ1n) is 5.23. The first kappa shape index (κ1) is 10.8. The third-order valence-electron chi connectivity index (χ3n) is 3.51. The van der Waals surface area contributed by atoms with E-state index in [9.17, 15) is 18.0 Å². The topological polar surface area (TPSA) is 20.3 Å². The van der Waals surface area contributed by atoms with Crippen molar-refractivity contribution in [3.63, 3.8) is 0 Å². The molecule has 2 aliphatic rings. The maximum absolute atomic E-state index is 12.8. The molecule has 0 N–H and O–H groups in total. The molecular formula is C10H14F3NO. The number of amides is 1. The standard InChI is InChI=1S/C10H14F3NO/c1-7-5-14(6-7)8(15)9(3-2-4-9)10(11,12)13/h7H,2-6H2,1H3. The minimum Gasteiger partial charge on any atom is -0.341 e. The van der Waals surface area contributed by atoms with Crippen LogP contribution in [0, 0.1) is 11.3 Å². The van der Waals surface area contributed by atoms with Crippen LogP contribution in [-0.2, 0) is 4.79 Å². The van der Waals surface area contributed by atoms with Crippen LogP contribution in [0.3, 0.4) is 0 Å². The van der Waals surface area contributed by atoms with Gasteiger partial charge in [-0.25, -0.2) is 0 Å². The molecule has 1 amide bonds. The van der Waals surface area contributed by atoms with Crippen molar-refractivity contribution in [2.75, 3.05) is 13.1 Å². The molecule has 0 radical (unpaired) electrons. The maximum atomic E-state index is 12.8. The molecule has 0 aromatic heterocycles. The van der Waals surface area contributed by atoms with Crippen LogP contribution in [0.15, 0.2) is 0 Å². The molecule has 0 bridgehead atoms. The number of hydrogen-bond donors (Lipinski definition) is 0. The third kappa shape index (κ3) is 1.43. The summed E-state index contributed by atoms with van der Waals surface area (Å²) in [5.74, 6) is -0.348. The maximum Gasteiger partial charge on any atom is 0.403 e. The molecule has 0 atom stereocenters. The SMILES string of the molecule is CC1CN(C(=O)C2(C(F)(F)F)CCC2)C1. The van der Waals surface area contributed by atoms with Crippen molar-refractivity contribution in [1.29, 1.82) is 0 Å². The van der Waals surface area contributed by atoms with Gasteiger partial charge in [-0.3, -0.25) is 4.79 Å². The minimum absolute atomic E-state index is 0.0276. The van der Waals surface area contributed by atoms with E-state index >= 15 is 0 Å². The molecular weight excluding hydrogens is 207 g/mol. The highest BCUT2D eigenvalue weighted by atomic mass is 19.4. The van der Waals surface area contributed by atoms with E-state index in [1.54, 1.807) is 0 Å². The van der Waals surface area contributed by atoms with Gasteiger partial charge in [-0.2, -0.15) is 13.2 Å². The lowest BCUT2D eigenvalue weighted by Gasteiger charge is -2.48. The van der Waals surface area contributed by atoms with E-state index in [1.165, 1.54) is 4.90 Å². The minimum atomic E-state index is -4.37. The van der Waals surface area contributed by atoms with Crippen molar-refractivity contribution in [2.45, 2.75) is 32.4 Å². The van der Waals surface area contributed by atoms with Gasteiger partial charge in [-0.1, -0.05) is 13.3 Å². The van der Waals surface area contributed by atoms with Gasteiger partial charge in [0.2, 0.25) is 5.91 Å². The number of halogens is 3. The first-order chi connectivity index (χ1) is 6.87. The van der Waals surface area contributed by atoms with Crippen LogP contribution in [-0.4, -0.2) is 30.1 Å². The molecule has 0 aromatic carbocycles. The molecule has 86 valence electrons. The van der Waals surface area contributed by atoms with Crippen LogP contribution in [0.1, 0.15) is 26.2 Å². The summed E-state index contributed by atoms with van der Waals surface area (Å²) in [6.45, 7) is 2.90. The molecule has 2 rings (SSSR count). The molecule has 0 unspecified atom stereocenters. The second-order valence-corrected chi connectivity index (χ2v) is 4.75. The second-order valence-electron chi connectivity index (χ2n) is 4.75. The van der Waals surface area contributed by atoms with Crippen molar-refractivity contribution in [3.8, 4) is 0 Å². The lowest BCUT2D eigenvalue weighted by Crippen LogP contribution is -2.61. The fraction of sp³-hybridized carbons (Fsp3) is 0.900. The van der Waals surface area contributed by atoms with Crippen molar-refractivity contribution >= 4 is 5.91 Å². The number of carbonyl (C=O) groups excluding carboxylic acids is 1. The highest BCUT2D eigenvalue weighted by Crippen LogP contribution is 2.54. The van der Waals surface area contributed by atoms with Gasteiger partial charge in [0.25, 0.3) is 0 Å². The van der Waals surface area contributed by atoms with Crippen LogP contribution in [0.2, 0.25) is 0 Å². The Bertz CT molecular complexity index is 277. The monoisotopic (exact) mass is 221 g/mol. The van der Waals surface area contributed by atoms with Crippen molar-refractivity contribution < 1.29 is 18.0 Å². The Morgan fingerprint density at radius 2 is 1.87 bits per heavy atom. The quantitative estimate of drug-likeness (QED) is 0.664. The van der Waals surface area contributed by atoms with Crippen LogP contribution >= 0.6 is 0 Å². The number of nitrogens with zero attached hydrogens (tertiary/aromatic N) is 1. The zero-order valence-corrected chi connectivity index (χ0v) is 8.60. The smallest absolute Gasteiger partial charge is 0.341 e. The summed E-state index contributed by atoms with van der Waals surface area (Å²) < 4.78 is 38.3. The van der Waals surface area contributed by atoms with Gasteiger partial charge < -0.3 is 4.90 Å². The van der Waals surface area contributed by atoms with Crippen LogP contribution in [0.5, 0.6) is 0 Å². The highest BCUT2D eigenvalue weighted by Gasteiger charge is 2.64. The highest BCUT2D eigenvalue weighted by molar-refractivity contribution is 5.85. The molecule has 0 aromatic rings. The van der Waals surface area contributed by atoms with Gasteiger partial charge in [0, 0.05) is 13.1 Å². The zero-order valence-electron chi connectivity index (χ0n) is 8.60. The molecule has 2 fully saturated rings. The Morgan fingerprint density at radius 1 is 1.33 bits per heavy atom. The molecule has 0 spiro atoms. The van der Waals surface area contributed by atoms with Gasteiger partial charge in [0.1, 0.15) is 5.41 Å². The fourth-order valence-corrected chi connectivity index (χ4v) is 2.32. The van der Waals surface area contributed by atoms with Crippen molar-refractivity contribution in [1.82, 2.24) is 4.90 Å². The Labute approximate surface area is 86.4 Å². The molecule has 1 saturated carbocycles. The Hall–Kier alpha value is -0.740. The lowest BCUT2D eigenvalue weighted by molar-refractivity contribution is -0.250. The average molecular weight is 221 g/mol. The molecule has 1 aliphatic heterocycles. The van der Waals surface area contributed by atoms with E-state index in [1.807, 2.05) is 6.92 Å². The number of alkyl halides is 3. The fourth-order valence-electron chi connectivity index (χ4n) is 2.32. The van der Waals surface area contributed by atoms with Gasteiger partial charge in [-0.05, 0) is 18.8 Å².